The smallest absolute Gasteiger partial charge is 0.261 e. The maximum Gasteiger partial charge on any atom is 0.261 e. The average Bonchev–Trinajstić information content (AvgIpc) is 3.12. The van der Waals surface area contributed by atoms with E-state index in [-0.39, 0.29) is 11.9 Å². The minimum absolute atomic E-state index is 0.0497. The molecule has 3 fully saturated rings. The lowest BCUT2D eigenvalue weighted by Gasteiger charge is -2.44. The molecule has 4 heterocycles. The largest absolute Gasteiger partial charge is 0.447 e. The molecule has 1 aromatic carbocycles. The molecule has 1 amide bonds. The molecule has 5 rings (SSSR count). The summed E-state index contributed by atoms with van der Waals surface area (Å²) in [5.74, 6) is 1.11. The zero-order valence-corrected chi connectivity index (χ0v) is 17.2. The van der Waals surface area contributed by atoms with E-state index in [2.05, 4.69) is 14.9 Å². The number of carbonyl (C=O) groups is 1. The molecular weight excluding hydrogens is 398 g/mol. The zero-order valence-electron chi connectivity index (χ0n) is 15.6. The van der Waals surface area contributed by atoms with Crippen LogP contribution in [0.25, 0.3) is 0 Å². The SMILES string of the molecule is CS(=O)(=O)Nc1ccc(Oc2ccc(C(=O)NC3CN4CCC3CC4)s2)cc1. The summed E-state index contributed by atoms with van der Waals surface area (Å²) in [6.07, 6.45) is 3.42. The number of amides is 1. The van der Waals surface area contributed by atoms with Crippen LogP contribution >= 0.6 is 11.3 Å². The number of hydrogen-bond acceptors (Lipinski definition) is 6. The van der Waals surface area contributed by atoms with Gasteiger partial charge in [0.2, 0.25) is 10.0 Å². The number of ether oxygens (including phenoxy) is 1. The molecule has 7 nitrogen and oxygen atoms in total. The lowest BCUT2D eigenvalue weighted by molar-refractivity contribution is 0.0622. The van der Waals surface area contributed by atoms with Crippen LogP contribution in [0.2, 0.25) is 0 Å². The number of nitrogens with zero attached hydrogens (tertiary/aromatic N) is 1. The Morgan fingerprint density at radius 2 is 1.86 bits per heavy atom. The Kier molecular flexibility index (Phi) is 5.31. The predicted octanol–water partition coefficient (Wildman–Crippen LogP) is 2.74. The summed E-state index contributed by atoms with van der Waals surface area (Å²) in [5.41, 5.74) is 0.471. The van der Waals surface area contributed by atoms with Crippen LogP contribution in [0.15, 0.2) is 36.4 Å². The average molecular weight is 422 g/mol. The van der Waals surface area contributed by atoms with Crippen LogP contribution in [-0.2, 0) is 10.0 Å². The Morgan fingerprint density at radius 3 is 2.46 bits per heavy atom. The molecule has 0 aliphatic carbocycles. The predicted molar refractivity (Wildman–Crippen MR) is 110 cm³/mol. The van der Waals surface area contributed by atoms with Crippen molar-refractivity contribution in [2.75, 3.05) is 30.6 Å². The van der Waals surface area contributed by atoms with Crippen molar-refractivity contribution in [3.63, 3.8) is 0 Å². The summed E-state index contributed by atoms with van der Waals surface area (Å²) >= 11 is 1.30. The van der Waals surface area contributed by atoms with Gasteiger partial charge in [0, 0.05) is 18.3 Å². The Hall–Kier alpha value is -2.10. The van der Waals surface area contributed by atoms with E-state index < -0.39 is 10.0 Å². The molecule has 9 heteroatoms. The summed E-state index contributed by atoms with van der Waals surface area (Å²) in [7, 11) is -3.31. The second-order valence-corrected chi connectivity index (χ2v) is 10.1. The highest BCUT2D eigenvalue weighted by atomic mass is 32.2. The molecule has 3 aliphatic rings. The summed E-state index contributed by atoms with van der Waals surface area (Å²) in [5, 5.41) is 3.80. The zero-order chi connectivity index (χ0) is 19.7. The van der Waals surface area contributed by atoms with Gasteiger partial charge in [-0.3, -0.25) is 9.52 Å². The van der Waals surface area contributed by atoms with Gasteiger partial charge >= 0.3 is 0 Å². The van der Waals surface area contributed by atoms with Gasteiger partial charge in [-0.1, -0.05) is 11.3 Å². The molecule has 2 bridgehead atoms. The summed E-state index contributed by atoms with van der Waals surface area (Å²) in [6, 6.07) is 10.4. The maximum absolute atomic E-state index is 12.6. The van der Waals surface area contributed by atoms with E-state index in [4.69, 9.17) is 4.74 Å². The highest BCUT2D eigenvalue weighted by molar-refractivity contribution is 7.92. The molecule has 3 saturated heterocycles. The topological polar surface area (TPSA) is 87.7 Å². The van der Waals surface area contributed by atoms with E-state index in [0.29, 0.717) is 27.3 Å². The molecule has 0 spiro atoms. The number of thiophene rings is 1. The van der Waals surface area contributed by atoms with E-state index in [0.717, 1.165) is 38.7 Å². The van der Waals surface area contributed by atoms with Crippen molar-refractivity contribution in [1.29, 1.82) is 0 Å². The van der Waals surface area contributed by atoms with Crippen molar-refractivity contribution in [1.82, 2.24) is 10.2 Å². The van der Waals surface area contributed by atoms with E-state index in [9.17, 15) is 13.2 Å². The number of nitrogens with one attached hydrogen (secondary N) is 2. The van der Waals surface area contributed by atoms with Crippen molar-refractivity contribution in [3.05, 3.63) is 41.3 Å². The second kappa shape index (κ2) is 7.73. The van der Waals surface area contributed by atoms with E-state index >= 15 is 0 Å². The van der Waals surface area contributed by atoms with Gasteiger partial charge in [-0.15, -0.1) is 0 Å². The first-order chi connectivity index (χ1) is 13.4. The molecule has 1 unspecified atom stereocenters. The van der Waals surface area contributed by atoms with Gasteiger partial charge in [0.1, 0.15) is 5.75 Å². The third kappa shape index (κ3) is 4.65. The van der Waals surface area contributed by atoms with Crippen LogP contribution < -0.4 is 14.8 Å². The highest BCUT2D eigenvalue weighted by Crippen LogP contribution is 2.31. The fourth-order valence-corrected chi connectivity index (χ4v) is 5.13. The number of hydrogen-bond donors (Lipinski definition) is 2. The quantitative estimate of drug-likeness (QED) is 0.749. The number of sulfonamides is 1. The first-order valence-corrected chi connectivity index (χ1v) is 12.0. The summed E-state index contributed by atoms with van der Waals surface area (Å²) in [6.45, 7) is 3.23. The van der Waals surface area contributed by atoms with Crippen LogP contribution in [-0.4, -0.2) is 51.2 Å². The minimum Gasteiger partial charge on any atom is -0.447 e. The Bertz CT molecular complexity index is 948. The number of fused-ring (bicyclic) bond motifs is 3. The lowest BCUT2D eigenvalue weighted by atomic mass is 9.84. The Morgan fingerprint density at radius 1 is 1.14 bits per heavy atom. The number of rotatable bonds is 6. The summed E-state index contributed by atoms with van der Waals surface area (Å²) in [4.78, 5) is 15.6. The van der Waals surface area contributed by atoms with Crippen molar-refractivity contribution < 1.29 is 17.9 Å². The molecule has 150 valence electrons. The van der Waals surface area contributed by atoms with Gasteiger partial charge in [-0.2, -0.15) is 0 Å². The fraction of sp³-hybridized carbons (Fsp3) is 0.421. The number of anilines is 1. The molecule has 1 atom stereocenters. The minimum atomic E-state index is -3.31. The molecule has 2 aromatic rings. The standard InChI is InChI=1S/C19H23N3O4S2/c1-28(24,25)21-14-2-4-15(5-3-14)26-18-7-6-17(27-18)19(23)20-16-12-22-10-8-13(16)9-11-22/h2-7,13,16,21H,8-12H2,1H3,(H,20,23). The monoisotopic (exact) mass is 421 g/mol. The molecular formula is C19H23N3O4S2. The van der Waals surface area contributed by atoms with Crippen LogP contribution in [0.5, 0.6) is 10.8 Å². The number of piperidine rings is 3. The Balaban J connectivity index is 1.35. The van der Waals surface area contributed by atoms with Gasteiger partial charge in [-0.25, -0.2) is 8.42 Å². The first kappa shape index (κ1) is 19.2. The van der Waals surface area contributed by atoms with Crippen LogP contribution in [0, 0.1) is 5.92 Å². The van der Waals surface area contributed by atoms with Gasteiger partial charge in [0.15, 0.2) is 5.06 Å². The van der Waals surface area contributed by atoms with Crippen LogP contribution in [0.1, 0.15) is 22.5 Å². The molecule has 0 saturated carbocycles. The van der Waals surface area contributed by atoms with Gasteiger partial charge in [-0.05, 0) is 68.2 Å². The molecule has 2 N–H and O–H groups in total. The van der Waals surface area contributed by atoms with Crippen molar-refractivity contribution in [2.24, 2.45) is 5.92 Å². The van der Waals surface area contributed by atoms with Crippen LogP contribution in [0.3, 0.4) is 0 Å². The second-order valence-electron chi connectivity index (χ2n) is 7.34. The first-order valence-electron chi connectivity index (χ1n) is 9.24. The lowest BCUT2D eigenvalue weighted by Crippen LogP contribution is -2.57. The summed E-state index contributed by atoms with van der Waals surface area (Å²) < 4.78 is 30.7. The third-order valence-electron chi connectivity index (χ3n) is 5.15. The highest BCUT2D eigenvalue weighted by Gasteiger charge is 2.35. The van der Waals surface area contributed by atoms with Gasteiger partial charge in [0.05, 0.1) is 11.1 Å². The molecule has 1 aromatic heterocycles. The van der Waals surface area contributed by atoms with E-state index in [1.165, 1.54) is 11.3 Å². The number of carbonyl (C=O) groups excluding carboxylic acids is 1. The van der Waals surface area contributed by atoms with Crippen molar-refractivity contribution in [3.8, 4) is 10.8 Å². The van der Waals surface area contributed by atoms with Gasteiger partial charge in [0.25, 0.3) is 5.91 Å². The molecule has 3 aliphatic heterocycles. The van der Waals surface area contributed by atoms with Crippen molar-refractivity contribution >= 4 is 33.0 Å². The van der Waals surface area contributed by atoms with Gasteiger partial charge < -0.3 is 15.0 Å². The Labute approximate surface area is 168 Å². The normalized spacial score (nSPS) is 24.0. The third-order valence-corrected chi connectivity index (χ3v) is 6.72. The van der Waals surface area contributed by atoms with Crippen molar-refractivity contribution in [2.45, 2.75) is 18.9 Å². The van der Waals surface area contributed by atoms with E-state index in [1.54, 1.807) is 36.4 Å². The van der Waals surface area contributed by atoms with E-state index in [1.807, 2.05) is 0 Å². The van der Waals surface area contributed by atoms with Crippen LogP contribution in [0.4, 0.5) is 5.69 Å². The molecule has 0 radical (unpaired) electrons. The number of benzene rings is 1. The maximum atomic E-state index is 12.6. The molecule has 28 heavy (non-hydrogen) atoms. The fourth-order valence-electron chi connectivity index (χ4n) is 3.79.